The minimum atomic E-state index is -4.38. The summed E-state index contributed by atoms with van der Waals surface area (Å²) in [6, 6.07) is 1.34. The first kappa shape index (κ1) is 18.5. The molecular formula is C10H13BrF3N3O2S2. The monoisotopic (exact) mass is 407 g/mol. The van der Waals surface area contributed by atoms with Crippen LogP contribution in [0.1, 0.15) is 6.92 Å². The molecule has 0 spiro atoms. The van der Waals surface area contributed by atoms with E-state index in [4.69, 9.17) is 0 Å². The molecule has 0 aromatic carbocycles. The van der Waals surface area contributed by atoms with E-state index in [1.807, 2.05) is 0 Å². The van der Waals surface area contributed by atoms with E-state index in [1.54, 1.807) is 6.92 Å². The maximum absolute atomic E-state index is 12.1. The van der Waals surface area contributed by atoms with Crippen molar-refractivity contribution >= 4 is 43.5 Å². The summed E-state index contributed by atoms with van der Waals surface area (Å²) in [5, 5.41) is 2.79. The molecule has 0 fully saturated rings. The highest BCUT2D eigenvalue weighted by Crippen LogP contribution is 2.29. The molecule has 1 rings (SSSR count). The second-order valence-electron chi connectivity index (χ2n) is 3.72. The van der Waals surface area contributed by atoms with E-state index in [1.165, 1.54) is 12.3 Å². The summed E-state index contributed by atoms with van der Waals surface area (Å²) in [6.45, 7) is 1.90. The van der Waals surface area contributed by atoms with E-state index in [9.17, 15) is 21.6 Å². The molecule has 21 heavy (non-hydrogen) atoms. The normalized spacial score (nSPS) is 12.4. The fraction of sp³-hybridized carbons (Fsp3) is 0.500. The van der Waals surface area contributed by atoms with E-state index in [2.05, 4.69) is 31.0 Å². The molecule has 120 valence electrons. The Bertz CT molecular complexity index is 581. The average molecular weight is 408 g/mol. The third-order valence-electron chi connectivity index (χ3n) is 2.11. The van der Waals surface area contributed by atoms with Crippen molar-refractivity contribution in [2.45, 2.75) is 17.3 Å². The lowest BCUT2D eigenvalue weighted by atomic mass is 10.4. The van der Waals surface area contributed by atoms with Gasteiger partial charge in [-0.05, 0) is 40.7 Å². The topological polar surface area (TPSA) is 71.1 Å². The van der Waals surface area contributed by atoms with Crippen molar-refractivity contribution in [3.63, 3.8) is 0 Å². The van der Waals surface area contributed by atoms with E-state index in [0.29, 0.717) is 11.0 Å². The molecule has 0 aliphatic rings. The summed E-state index contributed by atoms with van der Waals surface area (Å²) in [7, 11) is -3.94. The second-order valence-corrected chi connectivity index (χ2v) is 7.53. The Morgan fingerprint density at radius 1 is 1.43 bits per heavy atom. The zero-order valence-corrected chi connectivity index (χ0v) is 14.1. The van der Waals surface area contributed by atoms with Gasteiger partial charge in [-0.3, -0.25) is 0 Å². The standard InChI is InChI=1S/C10H13BrF3N3O2S2/c1-2-15-9-8(5-7(11)6-16-9)21(18,19)17-3-4-20-10(12,13)14/h5-6,17H,2-4H2,1H3,(H,15,16). The molecule has 11 heteroatoms. The maximum atomic E-state index is 12.1. The van der Waals surface area contributed by atoms with Gasteiger partial charge in [-0.25, -0.2) is 18.1 Å². The number of anilines is 1. The fourth-order valence-electron chi connectivity index (χ4n) is 1.35. The summed E-state index contributed by atoms with van der Waals surface area (Å²) in [4.78, 5) is 3.82. The van der Waals surface area contributed by atoms with Crippen LogP contribution in [0.4, 0.5) is 19.0 Å². The summed E-state index contributed by atoms with van der Waals surface area (Å²) >= 11 is 2.83. The van der Waals surface area contributed by atoms with Crippen molar-refractivity contribution in [3.8, 4) is 0 Å². The third-order valence-corrected chi connectivity index (χ3v) is 4.76. The molecule has 1 heterocycles. The minimum Gasteiger partial charge on any atom is -0.369 e. The van der Waals surface area contributed by atoms with Crippen LogP contribution in [0.15, 0.2) is 21.6 Å². The van der Waals surface area contributed by atoms with Crippen LogP contribution in [0.5, 0.6) is 0 Å². The molecule has 1 aromatic rings. The van der Waals surface area contributed by atoms with Gasteiger partial charge in [-0.2, -0.15) is 13.2 Å². The summed E-state index contributed by atoms with van der Waals surface area (Å²) in [6.07, 6.45) is 1.43. The van der Waals surface area contributed by atoms with Crippen LogP contribution >= 0.6 is 27.7 Å². The first-order valence-electron chi connectivity index (χ1n) is 5.75. The zero-order valence-electron chi connectivity index (χ0n) is 10.9. The summed E-state index contributed by atoms with van der Waals surface area (Å²) in [5.41, 5.74) is -4.38. The number of thioether (sulfide) groups is 1. The van der Waals surface area contributed by atoms with E-state index >= 15 is 0 Å². The lowest BCUT2D eigenvalue weighted by Gasteiger charge is -2.12. The van der Waals surface area contributed by atoms with Crippen LogP contribution in [0.25, 0.3) is 0 Å². The molecule has 0 saturated carbocycles. The molecule has 0 radical (unpaired) electrons. The molecule has 5 nitrogen and oxygen atoms in total. The number of sulfonamides is 1. The molecule has 0 unspecified atom stereocenters. The van der Waals surface area contributed by atoms with Gasteiger partial charge in [0.2, 0.25) is 10.0 Å². The molecule has 1 aromatic heterocycles. The average Bonchev–Trinajstić information content (AvgIpc) is 2.36. The zero-order chi connectivity index (χ0) is 16.1. The van der Waals surface area contributed by atoms with Gasteiger partial charge < -0.3 is 5.32 Å². The Kier molecular flexibility index (Phi) is 6.75. The number of nitrogens with zero attached hydrogens (tertiary/aromatic N) is 1. The quantitative estimate of drug-likeness (QED) is 0.680. The minimum absolute atomic E-state index is 0.115. The molecule has 0 saturated heterocycles. The lowest BCUT2D eigenvalue weighted by Crippen LogP contribution is -2.27. The van der Waals surface area contributed by atoms with Gasteiger partial charge in [0.1, 0.15) is 10.7 Å². The number of alkyl halides is 3. The number of hydrogen-bond acceptors (Lipinski definition) is 5. The molecule has 2 N–H and O–H groups in total. The fourth-order valence-corrected chi connectivity index (χ4v) is 3.58. The SMILES string of the molecule is CCNc1ncc(Br)cc1S(=O)(=O)NCCSC(F)(F)F. The maximum Gasteiger partial charge on any atom is 0.441 e. The highest BCUT2D eigenvalue weighted by Gasteiger charge is 2.28. The third kappa shape index (κ3) is 6.41. The van der Waals surface area contributed by atoms with Gasteiger partial charge >= 0.3 is 5.51 Å². The Morgan fingerprint density at radius 2 is 2.10 bits per heavy atom. The number of nitrogens with one attached hydrogen (secondary N) is 2. The first-order chi connectivity index (χ1) is 9.65. The summed E-state index contributed by atoms with van der Waals surface area (Å²) in [5.74, 6) is -0.252. The summed E-state index contributed by atoms with van der Waals surface area (Å²) < 4.78 is 62.7. The number of aromatic nitrogens is 1. The van der Waals surface area contributed by atoms with Gasteiger partial charge in [-0.15, -0.1) is 0 Å². The molecule has 0 aliphatic heterocycles. The van der Waals surface area contributed by atoms with Gasteiger partial charge in [0, 0.05) is 29.5 Å². The van der Waals surface area contributed by atoms with Gasteiger partial charge in [0.25, 0.3) is 0 Å². The predicted octanol–water partition coefficient (Wildman–Crippen LogP) is 2.81. The van der Waals surface area contributed by atoms with Crippen LogP contribution in [0.3, 0.4) is 0 Å². The second kappa shape index (κ2) is 7.65. The molecular weight excluding hydrogens is 395 g/mol. The number of halogens is 4. The van der Waals surface area contributed by atoms with Crippen LogP contribution in [0.2, 0.25) is 0 Å². The first-order valence-corrected chi connectivity index (χ1v) is 9.01. The van der Waals surface area contributed by atoms with E-state index < -0.39 is 21.3 Å². The van der Waals surface area contributed by atoms with Gasteiger partial charge in [0.15, 0.2) is 0 Å². The highest BCUT2D eigenvalue weighted by atomic mass is 79.9. The van der Waals surface area contributed by atoms with Crippen molar-refractivity contribution in [2.75, 3.05) is 24.2 Å². The Labute approximate surface area is 133 Å². The molecule has 0 amide bonds. The number of hydrogen-bond donors (Lipinski definition) is 2. The number of pyridine rings is 1. The predicted molar refractivity (Wildman–Crippen MR) is 79.8 cm³/mol. The Morgan fingerprint density at radius 3 is 2.67 bits per heavy atom. The van der Waals surface area contributed by atoms with Crippen LogP contribution in [-0.4, -0.2) is 37.8 Å². The lowest BCUT2D eigenvalue weighted by molar-refractivity contribution is -0.0327. The molecule has 0 bridgehead atoms. The van der Waals surface area contributed by atoms with E-state index in [0.717, 1.165) is 0 Å². The van der Waals surface area contributed by atoms with Gasteiger partial charge in [-0.1, -0.05) is 0 Å². The van der Waals surface area contributed by atoms with Crippen molar-refractivity contribution in [1.82, 2.24) is 9.71 Å². The smallest absolute Gasteiger partial charge is 0.369 e. The van der Waals surface area contributed by atoms with Crippen molar-refractivity contribution in [2.24, 2.45) is 0 Å². The largest absolute Gasteiger partial charge is 0.441 e. The Hall–Kier alpha value is -0.520. The number of rotatable bonds is 7. The van der Waals surface area contributed by atoms with Crippen LogP contribution in [-0.2, 0) is 10.0 Å². The van der Waals surface area contributed by atoms with Gasteiger partial charge in [0.05, 0.1) is 0 Å². The molecule has 0 aliphatic carbocycles. The van der Waals surface area contributed by atoms with Crippen molar-refractivity contribution < 1.29 is 21.6 Å². The van der Waals surface area contributed by atoms with Crippen molar-refractivity contribution in [1.29, 1.82) is 0 Å². The van der Waals surface area contributed by atoms with E-state index in [-0.39, 0.29) is 29.0 Å². The Balaban J connectivity index is 2.80. The van der Waals surface area contributed by atoms with Crippen molar-refractivity contribution in [3.05, 3.63) is 16.7 Å². The highest BCUT2D eigenvalue weighted by molar-refractivity contribution is 9.10. The van der Waals surface area contributed by atoms with Crippen LogP contribution in [0, 0.1) is 0 Å². The molecule has 0 atom stereocenters. The van der Waals surface area contributed by atoms with Crippen LogP contribution < -0.4 is 10.0 Å².